The van der Waals surface area contributed by atoms with Crippen molar-refractivity contribution in [2.45, 2.75) is 13.8 Å². The van der Waals surface area contributed by atoms with Crippen molar-refractivity contribution < 1.29 is 9.63 Å². The van der Waals surface area contributed by atoms with Gasteiger partial charge in [0.25, 0.3) is 5.56 Å². The van der Waals surface area contributed by atoms with Crippen LogP contribution < -0.4 is 10.9 Å². The predicted molar refractivity (Wildman–Crippen MR) is 100 cm³/mol. The molecule has 2 heterocycles. The van der Waals surface area contributed by atoms with Gasteiger partial charge in [-0.2, -0.15) is 0 Å². The maximum atomic E-state index is 12.9. The van der Waals surface area contributed by atoms with E-state index in [0.29, 0.717) is 16.4 Å². The molecule has 1 N–H and O–H groups in total. The monoisotopic (exact) mass is 370 g/mol. The molecule has 0 atom stereocenters. The number of nitrogens with one attached hydrogen (secondary N) is 1. The Bertz CT molecular complexity index is 1080. The van der Waals surface area contributed by atoms with Gasteiger partial charge in [0.15, 0.2) is 0 Å². The van der Waals surface area contributed by atoms with Gasteiger partial charge in [-0.3, -0.25) is 9.20 Å². The summed E-state index contributed by atoms with van der Waals surface area (Å²) in [6.45, 7) is 3.08. The number of halogens is 1. The molecule has 0 radical (unpaired) electrons. The van der Waals surface area contributed by atoms with E-state index in [2.05, 4.69) is 20.3 Å². The second-order valence-corrected chi connectivity index (χ2v) is 5.95. The Morgan fingerprint density at radius 2 is 2.15 bits per heavy atom. The number of nitrogens with zero attached hydrogens (tertiary/aromatic N) is 3. The van der Waals surface area contributed by atoms with Crippen LogP contribution in [0.4, 0.5) is 11.5 Å². The molecule has 132 valence electrons. The summed E-state index contributed by atoms with van der Waals surface area (Å²) in [5.41, 5.74) is 1.80. The summed E-state index contributed by atoms with van der Waals surface area (Å²) in [7, 11) is 0. The number of hydrogen-bond acceptors (Lipinski definition) is 6. The van der Waals surface area contributed by atoms with Crippen LogP contribution in [0, 0.1) is 6.92 Å². The minimum Gasteiger partial charge on any atom is -0.339 e. The lowest BCUT2D eigenvalue weighted by Gasteiger charge is -2.11. The van der Waals surface area contributed by atoms with E-state index >= 15 is 0 Å². The van der Waals surface area contributed by atoms with Gasteiger partial charge in [-0.1, -0.05) is 28.9 Å². The number of fused-ring (bicyclic) bond motifs is 1. The maximum absolute atomic E-state index is 12.9. The van der Waals surface area contributed by atoms with Crippen LogP contribution in [0.3, 0.4) is 0 Å². The van der Waals surface area contributed by atoms with Crippen molar-refractivity contribution in [1.29, 1.82) is 0 Å². The normalized spacial score (nSPS) is 11.0. The van der Waals surface area contributed by atoms with Crippen LogP contribution in [-0.2, 0) is 9.63 Å². The number of benzene rings is 1. The Balaban J connectivity index is 2.17. The summed E-state index contributed by atoms with van der Waals surface area (Å²) in [6.07, 6.45) is 2.78. The number of hydrogen-bond donors (Lipinski definition) is 1. The molecule has 0 unspecified atom stereocenters. The first kappa shape index (κ1) is 17.6. The Labute approximate surface area is 153 Å². The quantitative estimate of drug-likeness (QED) is 0.432. The van der Waals surface area contributed by atoms with Crippen LogP contribution in [0.1, 0.15) is 18.1 Å². The number of pyridine rings is 1. The van der Waals surface area contributed by atoms with Crippen LogP contribution in [0.2, 0.25) is 5.02 Å². The van der Waals surface area contributed by atoms with E-state index in [1.54, 1.807) is 36.5 Å². The first-order valence-corrected chi connectivity index (χ1v) is 8.09. The van der Waals surface area contributed by atoms with Crippen molar-refractivity contribution in [3.63, 3.8) is 0 Å². The fraction of sp³-hybridized carbons (Fsp3) is 0.111. The molecule has 1 aromatic carbocycles. The fourth-order valence-electron chi connectivity index (χ4n) is 2.38. The van der Waals surface area contributed by atoms with Crippen molar-refractivity contribution in [2.75, 3.05) is 5.32 Å². The molecule has 0 saturated carbocycles. The number of carbonyl (C=O) groups is 1. The van der Waals surface area contributed by atoms with Gasteiger partial charge in [-0.25, -0.2) is 9.78 Å². The van der Waals surface area contributed by atoms with Crippen molar-refractivity contribution in [3.8, 4) is 0 Å². The Morgan fingerprint density at radius 1 is 1.35 bits per heavy atom. The number of aryl methyl sites for hydroxylation is 1. The third-order valence-electron chi connectivity index (χ3n) is 3.53. The second kappa shape index (κ2) is 7.37. The Morgan fingerprint density at radius 3 is 2.88 bits per heavy atom. The van der Waals surface area contributed by atoms with E-state index in [1.807, 2.05) is 13.0 Å². The molecule has 3 rings (SSSR count). The maximum Gasteiger partial charge on any atom is 0.331 e. The molecule has 0 amide bonds. The first-order chi connectivity index (χ1) is 12.5. The van der Waals surface area contributed by atoms with Gasteiger partial charge in [0.05, 0.1) is 6.21 Å². The lowest BCUT2D eigenvalue weighted by molar-refractivity contribution is -0.140. The van der Waals surface area contributed by atoms with Crippen molar-refractivity contribution in [3.05, 3.63) is 69.1 Å². The van der Waals surface area contributed by atoms with E-state index in [9.17, 15) is 9.59 Å². The zero-order valence-corrected chi connectivity index (χ0v) is 14.8. The number of oxime groups is 1. The zero-order valence-electron chi connectivity index (χ0n) is 14.1. The summed E-state index contributed by atoms with van der Waals surface area (Å²) in [6, 6.07) is 10.6. The van der Waals surface area contributed by atoms with Crippen LogP contribution in [0.25, 0.3) is 5.65 Å². The van der Waals surface area contributed by atoms with Crippen molar-refractivity contribution in [1.82, 2.24) is 9.38 Å². The van der Waals surface area contributed by atoms with Gasteiger partial charge < -0.3 is 10.2 Å². The number of rotatable bonds is 4. The van der Waals surface area contributed by atoms with E-state index < -0.39 is 5.97 Å². The third kappa shape index (κ3) is 3.73. The van der Waals surface area contributed by atoms with Gasteiger partial charge >= 0.3 is 5.97 Å². The largest absolute Gasteiger partial charge is 0.339 e. The van der Waals surface area contributed by atoms with Gasteiger partial charge in [0, 0.05) is 23.8 Å². The summed E-state index contributed by atoms with van der Waals surface area (Å²) in [4.78, 5) is 32.9. The molecule has 3 aromatic rings. The van der Waals surface area contributed by atoms with Crippen LogP contribution in [0.5, 0.6) is 0 Å². The third-order valence-corrected chi connectivity index (χ3v) is 3.77. The molecule has 0 aliphatic rings. The highest BCUT2D eigenvalue weighted by atomic mass is 35.5. The minimum absolute atomic E-state index is 0.148. The molecule has 8 heteroatoms. The average Bonchev–Trinajstić information content (AvgIpc) is 2.58. The summed E-state index contributed by atoms with van der Waals surface area (Å²) < 4.78 is 1.41. The molecule has 7 nitrogen and oxygen atoms in total. The number of aromatic nitrogens is 2. The van der Waals surface area contributed by atoms with E-state index in [0.717, 1.165) is 5.56 Å². The zero-order chi connectivity index (χ0) is 18.7. The SMILES string of the molecule is CC(=O)O/N=C/c1c(Nc2cccc(Cl)c2)nc2c(C)cccn2c1=O. The van der Waals surface area contributed by atoms with Crippen molar-refractivity contribution in [2.24, 2.45) is 5.16 Å². The van der Waals surface area contributed by atoms with Gasteiger partial charge in [0.1, 0.15) is 17.0 Å². The standard InChI is InChI=1S/C18H15ClN4O3/c1-11-5-4-8-23-17(11)22-16(21-14-7-3-6-13(19)9-14)15(18(23)25)10-20-26-12(2)24/h3-10,21H,1-2H3/b20-10+. The van der Waals surface area contributed by atoms with Gasteiger partial charge in [-0.05, 0) is 36.8 Å². The number of anilines is 2. The molecule has 0 aliphatic heterocycles. The highest BCUT2D eigenvalue weighted by Gasteiger charge is 2.13. The lowest BCUT2D eigenvalue weighted by Crippen LogP contribution is -2.22. The highest BCUT2D eigenvalue weighted by molar-refractivity contribution is 6.30. The molecule has 0 aliphatic carbocycles. The second-order valence-electron chi connectivity index (χ2n) is 5.52. The molecular weight excluding hydrogens is 356 g/mol. The van der Waals surface area contributed by atoms with Gasteiger partial charge in [-0.15, -0.1) is 0 Å². The molecule has 0 spiro atoms. The number of carbonyl (C=O) groups excluding carboxylic acids is 1. The smallest absolute Gasteiger partial charge is 0.331 e. The van der Waals surface area contributed by atoms with Crippen LogP contribution in [0.15, 0.2) is 52.5 Å². The molecule has 0 fully saturated rings. The Hall–Kier alpha value is -3.19. The lowest BCUT2D eigenvalue weighted by atomic mass is 10.2. The first-order valence-electron chi connectivity index (χ1n) is 7.71. The van der Waals surface area contributed by atoms with Gasteiger partial charge in [0.2, 0.25) is 0 Å². The van der Waals surface area contributed by atoms with E-state index in [-0.39, 0.29) is 16.9 Å². The summed E-state index contributed by atoms with van der Waals surface area (Å²) in [5.74, 6) is -0.308. The Kier molecular flexibility index (Phi) is 4.99. The average molecular weight is 371 g/mol. The summed E-state index contributed by atoms with van der Waals surface area (Å²) >= 11 is 6.01. The summed E-state index contributed by atoms with van der Waals surface area (Å²) in [5, 5.41) is 7.17. The molecule has 0 saturated heterocycles. The van der Waals surface area contributed by atoms with Crippen LogP contribution in [-0.4, -0.2) is 21.6 Å². The molecule has 2 aromatic heterocycles. The van der Waals surface area contributed by atoms with Crippen molar-refractivity contribution >= 4 is 40.9 Å². The van der Waals surface area contributed by atoms with E-state index in [4.69, 9.17) is 11.6 Å². The molecule has 26 heavy (non-hydrogen) atoms. The van der Waals surface area contributed by atoms with E-state index in [1.165, 1.54) is 17.5 Å². The molecular formula is C18H15ClN4O3. The topological polar surface area (TPSA) is 85.1 Å². The molecule has 0 bridgehead atoms. The van der Waals surface area contributed by atoms with Crippen LogP contribution >= 0.6 is 11.6 Å². The minimum atomic E-state index is -0.588. The highest BCUT2D eigenvalue weighted by Crippen LogP contribution is 2.21. The predicted octanol–water partition coefficient (Wildman–Crippen LogP) is 3.30. The fourth-order valence-corrected chi connectivity index (χ4v) is 2.57.